The molecule has 0 aromatic carbocycles. The van der Waals surface area contributed by atoms with Crippen LogP contribution in [0, 0.1) is 0 Å². The van der Waals surface area contributed by atoms with Crippen LogP contribution in [0.2, 0.25) is 5.28 Å². The SMILES string of the molecule is C=C(OCC)c1cc(CC)nc(Cl)n1. The van der Waals surface area contributed by atoms with Gasteiger partial charge in [0.2, 0.25) is 5.28 Å². The summed E-state index contributed by atoms with van der Waals surface area (Å²) in [6.45, 7) is 8.23. The van der Waals surface area contributed by atoms with Crippen LogP contribution in [0.5, 0.6) is 0 Å². The van der Waals surface area contributed by atoms with Crippen LogP contribution >= 0.6 is 11.6 Å². The van der Waals surface area contributed by atoms with Gasteiger partial charge in [-0.3, -0.25) is 0 Å². The third-order valence-corrected chi connectivity index (χ3v) is 1.89. The third kappa shape index (κ3) is 2.70. The van der Waals surface area contributed by atoms with Gasteiger partial charge in [0, 0.05) is 5.69 Å². The normalized spacial score (nSPS) is 9.93. The Hall–Kier alpha value is -1.09. The molecule has 0 unspecified atom stereocenters. The molecule has 0 bridgehead atoms. The van der Waals surface area contributed by atoms with E-state index in [2.05, 4.69) is 16.5 Å². The minimum atomic E-state index is 0.236. The average Bonchev–Trinajstić information content (AvgIpc) is 2.17. The Kier molecular flexibility index (Phi) is 3.89. The molecular formula is C10H13ClN2O. The van der Waals surface area contributed by atoms with Gasteiger partial charge in [0.15, 0.2) is 0 Å². The number of hydrogen-bond acceptors (Lipinski definition) is 3. The van der Waals surface area contributed by atoms with Gasteiger partial charge < -0.3 is 4.74 Å². The summed E-state index contributed by atoms with van der Waals surface area (Å²) in [6.07, 6.45) is 0.814. The fraction of sp³-hybridized carbons (Fsp3) is 0.400. The maximum Gasteiger partial charge on any atom is 0.223 e. The third-order valence-electron chi connectivity index (χ3n) is 1.72. The predicted octanol–water partition coefficient (Wildman–Crippen LogP) is 2.70. The van der Waals surface area contributed by atoms with Crippen LogP contribution in [0.4, 0.5) is 0 Å². The molecule has 1 rings (SSSR count). The number of aromatic nitrogens is 2. The molecule has 1 heterocycles. The van der Waals surface area contributed by atoms with Crippen molar-refractivity contribution >= 4 is 17.4 Å². The molecule has 0 aliphatic rings. The van der Waals surface area contributed by atoms with Crippen molar-refractivity contribution in [2.45, 2.75) is 20.3 Å². The number of nitrogens with zero attached hydrogens (tertiary/aromatic N) is 2. The van der Waals surface area contributed by atoms with E-state index in [0.29, 0.717) is 18.1 Å². The smallest absolute Gasteiger partial charge is 0.223 e. The van der Waals surface area contributed by atoms with E-state index in [9.17, 15) is 0 Å². The monoisotopic (exact) mass is 212 g/mol. The van der Waals surface area contributed by atoms with Gasteiger partial charge in [0.25, 0.3) is 0 Å². The molecule has 0 atom stereocenters. The Morgan fingerprint density at radius 2 is 2.21 bits per heavy atom. The fourth-order valence-electron chi connectivity index (χ4n) is 1.04. The summed E-state index contributed by atoms with van der Waals surface area (Å²) < 4.78 is 5.24. The Labute approximate surface area is 88.8 Å². The van der Waals surface area contributed by atoms with Crippen molar-refractivity contribution in [3.63, 3.8) is 0 Å². The summed E-state index contributed by atoms with van der Waals surface area (Å²) in [6, 6.07) is 1.84. The molecule has 1 aromatic heterocycles. The second-order valence-electron chi connectivity index (χ2n) is 2.72. The zero-order valence-electron chi connectivity index (χ0n) is 8.38. The van der Waals surface area contributed by atoms with Crippen LogP contribution in [-0.4, -0.2) is 16.6 Å². The van der Waals surface area contributed by atoms with Crippen molar-refractivity contribution in [1.82, 2.24) is 9.97 Å². The second-order valence-corrected chi connectivity index (χ2v) is 3.06. The molecule has 0 radical (unpaired) electrons. The van der Waals surface area contributed by atoms with E-state index in [1.165, 1.54) is 0 Å². The first-order valence-electron chi connectivity index (χ1n) is 4.52. The van der Waals surface area contributed by atoms with E-state index in [-0.39, 0.29) is 5.28 Å². The van der Waals surface area contributed by atoms with Gasteiger partial charge in [-0.15, -0.1) is 0 Å². The van der Waals surface area contributed by atoms with Crippen LogP contribution < -0.4 is 0 Å². The molecule has 0 aliphatic heterocycles. The number of rotatable bonds is 4. The second kappa shape index (κ2) is 4.96. The van der Waals surface area contributed by atoms with E-state index < -0.39 is 0 Å². The quantitative estimate of drug-likeness (QED) is 0.569. The molecule has 1 aromatic rings. The summed E-state index contributed by atoms with van der Waals surface area (Å²) in [4.78, 5) is 8.08. The highest BCUT2D eigenvalue weighted by Gasteiger charge is 2.05. The van der Waals surface area contributed by atoms with Gasteiger partial charge in [-0.25, -0.2) is 9.97 Å². The predicted molar refractivity (Wildman–Crippen MR) is 57.1 cm³/mol. The van der Waals surface area contributed by atoms with Gasteiger partial charge in [-0.2, -0.15) is 0 Å². The van der Waals surface area contributed by atoms with Crippen molar-refractivity contribution in [3.05, 3.63) is 29.3 Å². The van der Waals surface area contributed by atoms with Crippen molar-refractivity contribution in [3.8, 4) is 0 Å². The minimum absolute atomic E-state index is 0.236. The molecule has 0 spiro atoms. The Morgan fingerprint density at radius 3 is 2.79 bits per heavy atom. The molecule has 3 nitrogen and oxygen atoms in total. The lowest BCUT2D eigenvalue weighted by Gasteiger charge is -2.07. The molecule has 0 amide bonds. The van der Waals surface area contributed by atoms with Crippen LogP contribution in [0.15, 0.2) is 12.6 Å². The molecule has 0 fully saturated rings. The molecule has 0 aliphatic carbocycles. The maximum absolute atomic E-state index is 5.75. The largest absolute Gasteiger partial charge is 0.492 e. The van der Waals surface area contributed by atoms with E-state index in [1.54, 1.807) is 0 Å². The molecule has 4 heteroatoms. The van der Waals surface area contributed by atoms with E-state index in [4.69, 9.17) is 16.3 Å². The van der Waals surface area contributed by atoms with Gasteiger partial charge in [-0.05, 0) is 31.0 Å². The van der Waals surface area contributed by atoms with E-state index >= 15 is 0 Å². The van der Waals surface area contributed by atoms with Crippen LogP contribution in [-0.2, 0) is 11.2 Å². The molecular weight excluding hydrogens is 200 g/mol. The van der Waals surface area contributed by atoms with Gasteiger partial charge in [-0.1, -0.05) is 13.5 Å². The first-order chi connectivity index (χ1) is 6.67. The first kappa shape index (κ1) is 11.0. The van der Waals surface area contributed by atoms with E-state index in [1.807, 2.05) is 19.9 Å². The van der Waals surface area contributed by atoms with Crippen molar-refractivity contribution in [2.75, 3.05) is 6.61 Å². The molecule has 76 valence electrons. The first-order valence-corrected chi connectivity index (χ1v) is 4.90. The van der Waals surface area contributed by atoms with Crippen LogP contribution in [0.25, 0.3) is 5.76 Å². The lowest BCUT2D eigenvalue weighted by Crippen LogP contribution is -1.98. The van der Waals surface area contributed by atoms with Crippen molar-refractivity contribution in [1.29, 1.82) is 0 Å². The van der Waals surface area contributed by atoms with Gasteiger partial charge >= 0.3 is 0 Å². The lowest BCUT2D eigenvalue weighted by molar-refractivity contribution is 0.297. The maximum atomic E-state index is 5.75. The zero-order chi connectivity index (χ0) is 10.6. The van der Waals surface area contributed by atoms with Gasteiger partial charge in [0.1, 0.15) is 11.5 Å². The lowest BCUT2D eigenvalue weighted by atomic mass is 10.2. The highest BCUT2D eigenvalue weighted by Crippen LogP contribution is 2.14. The summed E-state index contributed by atoms with van der Waals surface area (Å²) in [7, 11) is 0. The molecule has 14 heavy (non-hydrogen) atoms. The summed E-state index contributed by atoms with van der Waals surface area (Å²) in [5.74, 6) is 0.534. The number of aryl methyl sites for hydroxylation is 1. The Balaban J connectivity index is 2.96. The van der Waals surface area contributed by atoms with Crippen LogP contribution in [0.3, 0.4) is 0 Å². The number of hydrogen-bond donors (Lipinski definition) is 0. The Bertz CT molecular complexity index is 339. The fourth-order valence-corrected chi connectivity index (χ4v) is 1.24. The molecule has 0 saturated heterocycles. The zero-order valence-corrected chi connectivity index (χ0v) is 9.14. The van der Waals surface area contributed by atoms with Crippen molar-refractivity contribution < 1.29 is 4.74 Å². The van der Waals surface area contributed by atoms with E-state index in [0.717, 1.165) is 12.1 Å². The van der Waals surface area contributed by atoms with Crippen LogP contribution in [0.1, 0.15) is 25.2 Å². The van der Waals surface area contributed by atoms with Gasteiger partial charge in [0.05, 0.1) is 6.61 Å². The molecule has 0 saturated carbocycles. The highest BCUT2D eigenvalue weighted by molar-refractivity contribution is 6.28. The van der Waals surface area contributed by atoms with Crippen molar-refractivity contribution in [2.24, 2.45) is 0 Å². The minimum Gasteiger partial charge on any atom is -0.492 e. The summed E-state index contributed by atoms with van der Waals surface area (Å²) in [5.41, 5.74) is 1.55. The highest BCUT2D eigenvalue weighted by atomic mass is 35.5. The summed E-state index contributed by atoms with van der Waals surface area (Å²) >= 11 is 5.75. The number of ether oxygens (including phenoxy) is 1. The Morgan fingerprint density at radius 1 is 1.50 bits per heavy atom. The standard InChI is InChI=1S/C10H13ClN2O/c1-4-8-6-9(7(3)14-5-2)13-10(11)12-8/h6H,3-5H2,1-2H3. The average molecular weight is 213 g/mol. The summed E-state index contributed by atoms with van der Waals surface area (Å²) in [5, 5.41) is 0.236. The topological polar surface area (TPSA) is 35.0 Å². The number of halogens is 1. The molecule has 0 N–H and O–H groups in total.